The Morgan fingerprint density at radius 2 is 2.26 bits per heavy atom. The average Bonchev–Trinajstić information content (AvgIpc) is 2.79. The Hall–Kier alpha value is -1.07. The zero-order chi connectivity index (χ0) is 13.8. The highest BCUT2D eigenvalue weighted by molar-refractivity contribution is 9.10. The summed E-state index contributed by atoms with van der Waals surface area (Å²) in [4.78, 5) is 12.1. The molecule has 1 atom stereocenters. The second-order valence-corrected chi connectivity index (χ2v) is 5.94. The Balaban J connectivity index is 2.06. The molecule has 1 heterocycles. The summed E-state index contributed by atoms with van der Waals surface area (Å²) in [5, 5.41) is 6.14. The number of ether oxygens (including phenoxy) is 1. The van der Waals surface area contributed by atoms with Crippen LogP contribution in [0.2, 0.25) is 0 Å². The van der Waals surface area contributed by atoms with Gasteiger partial charge in [0.2, 0.25) is 5.91 Å². The zero-order valence-corrected chi connectivity index (χ0v) is 12.8. The van der Waals surface area contributed by atoms with Crippen LogP contribution >= 0.6 is 15.9 Å². The molecule has 1 aliphatic heterocycles. The van der Waals surface area contributed by atoms with Crippen molar-refractivity contribution in [3.05, 3.63) is 22.7 Å². The van der Waals surface area contributed by atoms with Crippen LogP contribution in [-0.4, -0.2) is 25.1 Å². The molecule has 19 heavy (non-hydrogen) atoms. The molecule has 104 valence electrons. The van der Waals surface area contributed by atoms with Crippen molar-refractivity contribution in [2.24, 2.45) is 5.92 Å². The highest BCUT2D eigenvalue weighted by atomic mass is 79.9. The molecule has 1 saturated heterocycles. The molecule has 0 saturated carbocycles. The van der Waals surface area contributed by atoms with E-state index in [4.69, 9.17) is 4.74 Å². The summed E-state index contributed by atoms with van der Waals surface area (Å²) in [6, 6.07) is 5.63. The van der Waals surface area contributed by atoms with Gasteiger partial charge in [0.25, 0.3) is 0 Å². The van der Waals surface area contributed by atoms with Crippen LogP contribution in [0.25, 0.3) is 0 Å². The minimum absolute atomic E-state index is 0.0634. The smallest absolute Gasteiger partial charge is 0.228 e. The number of halogens is 1. The second kappa shape index (κ2) is 6.39. The molecule has 0 spiro atoms. The molecule has 2 rings (SSSR count). The van der Waals surface area contributed by atoms with Gasteiger partial charge in [0.1, 0.15) is 5.75 Å². The number of carbonyl (C=O) groups is 1. The molecule has 1 fully saturated rings. The molecule has 0 bridgehead atoms. The monoisotopic (exact) mass is 326 g/mol. The summed E-state index contributed by atoms with van der Waals surface area (Å²) in [6.45, 7) is 5.63. The molecule has 0 aromatic heterocycles. The number of rotatable bonds is 4. The van der Waals surface area contributed by atoms with E-state index in [0.717, 1.165) is 35.4 Å². The summed E-state index contributed by atoms with van der Waals surface area (Å²) in [7, 11) is 0. The van der Waals surface area contributed by atoms with E-state index in [0.29, 0.717) is 0 Å². The number of hydrogen-bond acceptors (Lipinski definition) is 3. The topological polar surface area (TPSA) is 50.4 Å². The van der Waals surface area contributed by atoms with Crippen LogP contribution < -0.4 is 15.4 Å². The molecule has 0 aliphatic carbocycles. The molecule has 1 amide bonds. The Morgan fingerprint density at radius 1 is 1.47 bits per heavy atom. The quantitative estimate of drug-likeness (QED) is 0.894. The van der Waals surface area contributed by atoms with Crippen molar-refractivity contribution in [1.82, 2.24) is 5.32 Å². The molecular weight excluding hydrogens is 308 g/mol. The second-order valence-electron chi connectivity index (χ2n) is 5.02. The minimum Gasteiger partial charge on any atom is -0.491 e. The summed E-state index contributed by atoms with van der Waals surface area (Å²) < 4.78 is 6.54. The van der Waals surface area contributed by atoms with Crippen molar-refractivity contribution in [3.63, 3.8) is 0 Å². The van der Waals surface area contributed by atoms with E-state index in [1.54, 1.807) is 0 Å². The lowest BCUT2D eigenvalue weighted by atomic mass is 10.1. The van der Waals surface area contributed by atoms with Gasteiger partial charge in [-0.3, -0.25) is 4.79 Å². The maximum atomic E-state index is 12.1. The van der Waals surface area contributed by atoms with E-state index in [1.807, 2.05) is 32.0 Å². The molecule has 1 aromatic carbocycles. The first kappa shape index (κ1) is 14.3. The third-order valence-corrected chi connectivity index (χ3v) is 3.40. The van der Waals surface area contributed by atoms with Crippen LogP contribution in [0.1, 0.15) is 20.3 Å². The Kier molecular flexibility index (Phi) is 4.82. The van der Waals surface area contributed by atoms with E-state index in [2.05, 4.69) is 26.6 Å². The molecule has 0 radical (unpaired) electrons. The van der Waals surface area contributed by atoms with Gasteiger partial charge >= 0.3 is 0 Å². The number of hydrogen-bond donors (Lipinski definition) is 2. The predicted octanol–water partition coefficient (Wildman–Crippen LogP) is 2.78. The van der Waals surface area contributed by atoms with Crippen LogP contribution in [0.3, 0.4) is 0 Å². The minimum atomic E-state index is 0.0634. The lowest BCUT2D eigenvalue weighted by Crippen LogP contribution is -2.24. The molecule has 1 aliphatic rings. The fourth-order valence-corrected chi connectivity index (χ4v) is 2.57. The Morgan fingerprint density at radius 3 is 2.89 bits per heavy atom. The van der Waals surface area contributed by atoms with Gasteiger partial charge in [0.05, 0.1) is 12.0 Å². The van der Waals surface area contributed by atoms with Crippen molar-refractivity contribution in [2.45, 2.75) is 26.4 Å². The first-order valence-electron chi connectivity index (χ1n) is 6.53. The highest BCUT2D eigenvalue weighted by Crippen LogP contribution is 2.26. The lowest BCUT2D eigenvalue weighted by Gasteiger charge is -2.14. The van der Waals surface area contributed by atoms with Crippen molar-refractivity contribution < 1.29 is 9.53 Å². The van der Waals surface area contributed by atoms with Crippen LogP contribution in [-0.2, 0) is 4.79 Å². The van der Waals surface area contributed by atoms with Crippen molar-refractivity contribution in [3.8, 4) is 5.75 Å². The molecule has 2 N–H and O–H groups in total. The van der Waals surface area contributed by atoms with Crippen LogP contribution in [0.5, 0.6) is 5.75 Å². The average molecular weight is 327 g/mol. The summed E-state index contributed by atoms with van der Waals surface area (Å²) in [5.74, 6) is 0.885. The fourth-order valence-electron chi connectivity index (χ4n) is 2.10. The maximum absolute atomic E-state index is 12.1. The Bertz CT molecular complexity index is 457. The van der Waals surface area contributed by atoms with Crippen molar-refractivity contribution >= 4 is 27.5 Å². The highest BCUT2D eigenvalue weighted by Gasteiger charge is 2.22. The Labute approximate surface area is 122 Å². The van der Waals surface area contributed by atoms with E-state index >= 15 is 0 Å². The predicted molar refractivity (Wildman–Crippen MR) is 79.5 cm³/mol. The van der Waals surface area contributed by atoms with Crippen molar-refractivity contribution in [1.29, 1.82) is 0 Å². The molecule has 4 nitrogen and oxygen atoms in total. The van der Waals surface area contributed by atoms with Gasteiger partial charge in [0.15, 0.2) is 0 Å². The van der Waals surface area contributed by atoms with Gasteiger partial charge in [-0.15, -0.1) is 0 Å². The number of nitrogens with one attached hydrogen (secondary N) is 2. The maximum Gasteiger partial charge on any atom is 0.228 e. The van der Waals surface area contributed by atoms with E-state index in [9.17, 15) is 4.79 Å². The van der Waals surface area contributed by atoms with Crippen molar-refractivity contribution in [2.75, 3.05) is 18.4 Å². The molecular formula is C14H19BrN2O2. The number of amides is 1. The fraction of sp³-hybridized carbons (Fsp3) is 0.500. The SMILES string of the molecule is CC(C)Oc1cc(Br)cc(NC(=O)[C@H]2CCNC2)c1. The molecule has 5 heteroatoms. The van der Waals surface area contributed by atoms with Gasteiger partial charge in [-0.25, -0.2) is 0 Å². The molecule has 0 unspecified atom stereocenters. The standard InChI is InChI=1S/C14H19BrN2O2/c1-9(2)19-13-6-11(15)5-12(7-13)17-14(18)10-3-4-16-8-10/h5-7,9-10,16H,3-4,8H2,1-2H3,(H,17,18)/t10-/m0/s1. The summed E-state index contributed by atoms with van der Waals surface area (Å²) in [5.41, 5.74) is 0.766. The van der Waals surface area contributed by atoms with Gasteiger partial charge in [-0.2, -0.15) is 0 Å². The van der Waals surface area contributed by atoms with Crippen LogP contribution in [0, 0.1) is 5.92 Å². The zero-order valence-electron chi connectivity index (χ0n) is 11.2. The van der Waals surface area contributed by atoms with Crippen LogP contribution in [0.15, 0.2) is 22.7 Å². The van der Waals surface area contributed by atoms with E-state index < -0.39 is 0 Å². The summed E-state index contributed by atoms with van der Waals surface area (Å²) in [6.07, 6.45) is 1.01. The number of carbonyl (C=O) groups excluding carboxylic acids is 1. The molecule has 1 aromatic rings. The lowest BCUT2D eigenvalue weighted by molar-refractivity contribution is -0.119. The van der Waals surface area contributed by atoms with Gasteiger partial charge in [-0.1, -0.05) is 15.9 Å². The van der Waals surface area contributed by atoms with E-state index in [-0.39, 0.29) is 17.9 Å². The van der Waals surface area contributed by atoms with Gasteiger partial charge < -0.3 is 15.4 Å². The largest absolute Gasteiger partial charge is 0.491 e. The van der Waals surface area contributed by atoms with E-state index in [1.165, 1.54) is 0 Å². The first-order chi connectivity index (χ1) is 9.04. The third kappa shape index (κ3) is 4.21. The normalized spacial score (nSPS) is 18.6. The first-order valence-corrected chi connectivity index (χ1v) is 7.32. The van der Waals surface area contributed by atoms with Gasteiger partial charge in [-0.05, 0) is 38.9 Å². The van der Waals surface area contributed by atoms with Gasteiger partial charge in [0, 0.05) is 22.8 Å². The van der Waals surface area contributed by atoms with Crippen LogP contribution in [0.4, 0.5) is 5.69 Å². The summed E-state index contributed by atoms with van der Waals surface area (Å²) >= 11 is 3.43. The number of benzene rings is 1. The number of anilines is 1. The third-order valence-electron chi connectivity index (χ3n) is 2.94.